The zero-order chi connectivity index (χ0) is 15.2. The Bertz CT molecular complexity index is 637. The van der Waals surface area contributed by atoms with Gasteiger partial charge in [0.25, 0.3) is 0 Å². The molecule has 0 saturated carbocycles. The molecule has 0 saturated heterocycles. The van der Waals surface area contributed by atoms with Crippen LogP contribution in [0.1, 0.15) is 23.0 Å². The summed E-state index contributed by atoms with van der Waals surface area (Å²) in [5.74, 6) is -1.38. The fourth-order valence-corrected chi connectivity index (χ4v) is 1.58. The molecule has 7 heteroatoms. The number of carbonyl (C=O) groups excluding carboxylic acids is 2. The van der Waals surface area contributed by atoms with Crippen LogP contribution in [0.3, 0.4) is 0 Å². The summed E-state index contributed by atoms with van der Waals surface area (Å²) in [4.78, 5) is 26.9. The van der Waals surface area contributed by atoms with Gasteiger partial charge in [0, 0.05) is 0 Å². The number of esters is 1. The highest BCUT2D eigenvalue weighted by molar-refractivity contribution is 5.91. The van der Waals surface area contributed by atoms with E-state index in [2.05, 4.69) is 10.3 Å². The molecule has 0 radical (unpaired) electrons. The van der Waals surface area contributed by atoms with E-state index in [-0.39, 0.29) is 36.5 Å². The third-order valence-corrected chi connectivity index (χ3v) is 2.51. The predicted octanol–water partition coefficient (Wildman–Crippen LogP) is 2.17. The minimum atomic E-state index is -0.625. The van der Waals surface area contributed by atoms with Crippen LogP contribution < -0.4 is 5.32 Å². The zero-order valence-corrected chi connectivity index (χ0v) is 11.3. The lowest BCUT2D eigenvalue weighted by atomic mass is 10.1. The van der Waals surface area contributed by atoms with Gasteiger partial charge in [-0.25, -0.2) is 9.18 Å². The van der Waals surface area contributed by atoms with Gasteiger partial charge in [-0.2, -0.15) is 4.98 Å². The number of rotatable bonds is 5. The molecule has 0 unspecified atom stereocenters. The fraction of sp³-hybridized carbons (Fsp3) is 0.214. The Morgan fingerprint density at radius 1 is 1.33 bits per heavy atom. The van der Waals surface area contributed by atoms with Crippen molar-refractivity contribution in [2.24, 2.45) is 0 Å². The molecule has 0 fully saturated rings. The number of amides is 1. The Morgan fingerprint density at radius 2 is 2.05 bits per heavy atom. The molecule has 1 N–H and O–H groups in total. The quantitative estimate of drug-likeness (QED) is 0.854. The van der Waals surface area contributed by atoms with Crippen molar-refractivity contribution >= 4 is 17.9 Å². The number of anilines is 1. The van der Waals surface area contributed by atoms with Gasteiger partial charge in [0.05, 0.1) is 13.0 Å². The van der Waals surface area contributed by atoms with Gasteiger partial charge in [-0.15, -0.1) is 0 Å². The van der Waals surface area contributed by atoms with E-state index < -0.39 is 5.97 Å². The lowest BCUT2D eigenvalue weighted by Crippen LogP contribution is -2.15. The number of benzene rings is 1. The molecule has 0 spiro atoms. The highest BCUT2D eigenvalue weighted by Crippen LogP contribution is 2.10. The second kappa shape index (κ2) is 6.65. The van der Waals surface area contributed by atoms with Crippen molar-refractivity contribution in [3.05, 3.63) is 47.6 Å². The molecule has 0 aliphatic heterocycles. The number of ether oxygens (including phenoxy) is 1. The minimum absolute atomic E-state index is 0.0195. The first-order chi connectivity index (χ1) is 10.1. The first-order valence-corrected chi connectivity index (χ1v) is 6.25. The normalized spacial score (nSPS) is 10.2. The molecular weight excluding hydrogens is 279 g/mol. The van der Waals surface area contributed by atoms with Crippen LogP contribution in [0.5, 0.6) is 0 Å². The van der Waals surface area contributed by atoms with Crippen LogP contribution in [0.2, 0.25) is 0 Å². The van der Waals surface area contributed by atoms with E-state index in [9.17, 15) is 14.0 Å². The summed E-state index contributed by atoms with van der Waals surface area (Å²) < 4.78 is 22.4. The van der Waals surface area contributed by atoms with Crippen molar-refractivity contribution in [2.75, 3.05) is 11.9 Å². The molecule has 0 bridgehead atoms. The summed E-state index contributed by atoms with van der Waals surface area (Å²) in [6, 6.07) is 5.47. The molecule has 21 heavy (non-hydrogen) atoms. The Hall–Kier alpha value is -2.70. The van der Waals surface area contributed by atoms with E-state index in [0.717, 1.165) is 6.26 Å². The molecule has 2 aromatic rings. The maximum atomic E-state index is 12.7. The Kier molecular flexibility index (Phi) is 4.65. The topological polar surface area (TPSA) is 81.4 Å². The first kappa shape index (κ1) is 14.7. The molecule has 6 nitrogen and oxygen atoms in total. The largest absolute Gasteiger partial charge is 0.461 e. The number of hydrogen-bond donors (Lipinski definition) is 1. The summed E-state index contributed by atoms with van der Waals surface area (Å²) in [5, 5.41) is 2.40. The predicted molar refractivity (Wildman–Crippen MR) is 71.2 cm³/mol. The van der Waals surface area contributed by atoms with E-state index in [4.69, 9.17) is 9.15 Å². The van der Waals surface area contributed by atoms with Crippen LogP contribution in [0.25, 0.3) is 0 Å². The summed E-state index contributed by atoms with van der Waals surface area (Å²) in [7, 11) is 0. The van der Waals surface area contributed by atoms with Gasteiger partial charge < -0.3 is 9.15 Å². The smallest absolute Gasteiger partial charge is 0.360 e. The fourth-order valence-electron chi connectivity index (χ4n) is 1.58. The van der Waals surface area contributed by atoms with Crippen LogP contribution in [0.15, 0.2) is 34.9 Å². The second-order valence-corrected chi connectivity index (χ2v) is 4.11. The van der Waals surface area contributed by atoms with E-state index >= 15 is 0 Å². The monoisotopic (exact) mass is 292 g/mol. The van der Waals surface area contributed by atoms with Gasteiger partial charge in [-0.05, 0) is 24.6 Å². The summed E-state index contributed by atoms with van der Waals surface area (Å²) in [6.07, 6.45) is 1.14. The molecular formula is C14H13FN2O4. The SMILES string of the molecule is CCOC(=O)c1coc(NC(=O)Cc2ccc(F)cc2)n1. The van der Waals surface area contributed by atoms with Crippen LogP contribution >= 0.6 is 0 Å². The van der Waals surface area contributed by atoms with Crippen LogP contribution in [-0.4, -0.2) is 23.5 Å². The number of nitrogens with zero attached hydrogens (tertiary/aromatic N) is 1. The molecule has 0 aliphatic carbocycles. The van der Waals surface area contributed by atoms with Gasteiger partial charge >= 0.3 is 12.0 Å². The van der Waals surface area contributed by atoms with E-state index in [1.54, 1.807) is 6.92 Å². The van der Waals surface area contributed by atoms with Crippen molar-refractivity contribution in [3.63, 3.8) is 0 Å². The molecule has 110 valence electrons. The Labute approximate surface area is 119 Å². The average molecular weight is 292 g/mol. The van der Waals surface area contributed by atoms with Crippen LogP contribution in [0, 0.1) is 5.82 Å². The molecule has 1 heterocycles. The van der Waals surface area contributed by atoms with E-state index in [0.29, 0.717) is 5.56 Å². The first-order valence-electron chi connectivity index (χ1n) is 6.25. The highest BCUT2D eigenvalue weighted by atomic mass is 19.1. The van der Waals surface area contributed by atoms with Gasteiger partial charge in [0.2, 0.25) is 5.91 Å². The molecule has 1 aromatic heterocycles. The van der Waals surface area contributed by atoms with E-state index in [1.807, 2.05) is 0 Å². The number of oxazole rings is 1. The number of nitrogens with one attached hydrogen (secondary N) is 1. The number of aromatic nitrogens is 1. The third kappa shape index (κ3) is 4.13. The molecule has 1 amide bonds. The van der Waals surface area contributed by atoms with E-state index in [1.165, 1.54) is 24.3 Å². The van der Waals surface area contributed by atoms with Crippen molar-refractivity contribution < 1.29 is 23.1 Å². The molecule has 1 aromatic carbocycles. The lowest BCUT2D eigenvalue weighted by Gasteiger charge is -2.01. The van der Waals surface area contributed by atoms with Gasteiger partial charge in [0.15, 0.2) is 5.69 Å². The number of hydrogen-bond acceptors (Lipinski definition) is 5. The standard InChI is InChI=1S/C14H13FN2O4/c1-2-20-13(19)11-8-21-14(16-11)17-12(18)7-9-3-5-10(15)6-4-9/h3-6,8H,2,7H2,1H3,(H,16,17,18). The van der Waals surface area contributed by atoms with Crippen molar-refractivity contribution in [3.8, 4) is 0 Å². The van der Waals surface area contributed by atoms with Crippen molar-refractivity contribution in [1.82, 2.24) is 4.98 Å². The summed E-state index contributed by atoms with van der Waals surface area (Å²) in [6.45, 7) is 1.89. The Balaban J connectivity index is 1.93. The van der Waals surface area contributed by atoms with Crippen molar-refractivity contribution in [2.45, 2.75) is 13.3 Å². The zero-order valence-electron chi connectivity index (χ0n) is 11.3. The van der Waals surface area contributed by atoms with Gasteiger partial charge in [-0.3, -0.25) is 10.1 Å². The lowest BCUT2D eigenvalue weighted by molar-refractivity contribution is -0.115. The molecule has 0 atom stereocenters. The highest BCUT2D eigenvalue weighted by Gasteiger charge is 2.14. The molecule has 0 aliphatic rings. The number of halogens is 1. The average Bonchev–Trinajstić information content (AvgIpc) is 2.90. The third-order valence-electron chi connectivity index (χ3n) is 2.51. The maximum Gasteiger partial charge on any atom is 0.360 e. The second-order valence-electron chi connectivity index (χ2n) is 4.11. The number of carbonyl (C=O) groups is 2. The van der Waals surface area contributed by atoms with Gasteiger partial charge in [-0.1, -0.05) is 12.1 Å². The minimum Gasteiger partial charge on any atom is -0.461 e. The Morgan fingerprint density at radius 3 is 2.71 bits per heavy atom. The molecule has 2 rings (SSSR count). The maximum absolute atomic E-state index is 12.7. The van der Waals surface area contributed by atoms with Crippen LogP contribution in [-0.2, 0) is 16.0 Å². The summed E-state index contributed by atoms with van der Waals surface area (Å²) >= 11 is 0. The van der Waals surface area contributed by atoms with Crippen molar-refractivity contribution in [1.29, 1.82) is 0 Å². The van der Waals surface area contributed by atoms with Crippen LogP contribution in [0.4, 0.5) is 10.4 Å². The van der Waals surface area contributed by atoms with Gasteiger partial charge in [0.1, 0.15) is 12.1 Å². The summed E-state index contributed by atoms with van der Waals surface area (Å²) in [5.41, 5.74) is 0.625.